The Hall–Kier alpha value is -2.26. The minimum Gasteiger partial charge on any atom is -0.309 e. The summed E-state index contributed by atoms with van der Waals surface area (Å²) in [6.45, 7) is 10.4. The van der Waals surface area contributed by atoms with E-state index >= 15 is 0 Å². The highest BCUT2D eigenvalue weighted by atomic mass is 79.9. The SMILES string of the molecule is CCN(CC)CCN(C(=O)Cn1nc(C)c([N+](=O)[O-])c1C)c1cccc(Br)c1. The number of likely N-dealkylation sites (N-methyl/N-ethyl adjacent to an activating group) is 1. The first-order valence-corrected chi connectivity index (χ1v) is 10.0. The molecule has 1 heterocycles. The van der Waals surface area contributed by atoms with E-state index in [2.05, 4.69) is 39.8 Å². The van der Waals surface area contributed by atoms with E-state index in [0.29, 0.717) is 17.9 Å². The minimum absolute atomic E-state index is 0.0371. The van der Waals surface area contributed by atoms with Gasteiger partial charge in [-0.05, 0) is 45.1 Å². The number of hydrogen-bond donors (Lipinski definition) is 0. The summed E-state index contributed by atoms with van der Waals surface area (Å²) >= 11 is 3.45. The van der Waals surface area contributed by atoms with Crippen LogP contribution in [0.3, 0.4) is 0 Å². The van der Waals surface area contributed by atoms with Crippen molar-refractivity contribution in [1.82, 2.24) is 14.7 Å². The number of aryl methyl sites for hydroxylation is 1. The topological polar surface area (TPSA) is 84.5 Å². The van der Waals surface area contributed by atoms with Crippen LogP contribution in [0.2, 0.25) is 0 Å². The monoisotopic (exact) mass is 451 g/mol. The maximum absolute atomic E-state index is 13.1. The van der Waals surface area contributed by atoms with Crippen molar-refractivity contribution in [2.45, 2.75) is 34.2 Å². The van der Waals surface area contributed by atoms with Gasteiger partial charge in [-0.3, -0.25) is 19.6 Å². The number of aromatic nitrogens is 2. The van der Waals surface area contributed by atoms with Crippen LogP contribution in [-0.2, 0) is 11.3 Å². The second kappa shape index (κ2) is 9.79. The second-order valence-electron chi connectivity index (χ2n) is 6.49. The van der Waals surface area contributed by atoms with Crippen LogP contribution in [0.15, 0.2) is 28.7 Å². The Labute approximate surface area is 173 Å². The molecule has 0 aliphatic rings. The predicted octanol–water partition coefficient (Wildman–Crippen LogP) is 3.55. The van der Waals surface area contributed by atoms with Gasteiger partial charge in [0.2, 0.25) is 5.91 Å². The minimum atomic E-state index is -0.453. The van der Waals surface area contributed by atoms with Crippen molar-refractivity contribution in [3.05, 3.63) is 50.2 Å². The van der Waals surface area contributed by atoms with Gasteiger partial charge in [-0.2, -0.15) is 5.10 Å². The van der Waals surface area contributed by atoms with Crippen LogP contribution in [0, 0.1) is 24.0 Å². The molecule has 0 saturated carbocycles. The van der Waals surface area contributed by atoms with Crippen LogP contribution in [0.25, 0.3) is 0 Å². The molecule has 0 radical (unpaired) electrons. The number of rotatable bonds is 9. The summed E-state index contributed by atoms with van der Waals surface area (Å²) in [4.78, 5) is 27.8. The molecule has 0 unspecified atom stereocenters. The predicted molar refractivity (Wildman–Crippen MR) is 113 cm³/mol. The molecule has 0 fully saturated rings. The van der Waals surface area contributed by atoms with E-state index in [1.807, 2.05) is 24.3 Å². The average Bonchev–Trinajstić information content (AvgIpc) is 2.92. The van der Waals surface area contributed by atoms with Gasteiger partial charge in [0.05, 0.1) is 4.92 Å². The summed E-state index contributed by atoms with van der Waals surface area (Å²) < 4.78 is 2.30. The van der Waals surface area contributed by atoms with E-state index in [1.165, 1.54) is 4.68 Å². The summed E-state index contributed by atoms with van der Waals surface area (Å²) in [6.07, 6.45) is 0. The first-order valence-electron chi connectivity index (χ1n) is 9.25. The fourth-order valence-corrected chi connectivity index (χ4v) is 3.53. The zero-order chi connectivity index (χ0) is 20.8. The van der Waals surface area contributed by atoms with E-state index in [4.69, 9.17) is 0 Å². The molecule has 28 heavy (non-hydrogen) atoms. The zero-order valence-corrected chi connectivity index (χ0v) is 18.3. The summed E-state index contributed by atoms with van der Waals surface area (Å²) in [5, 5.41) is 15.4. The van der Waals surface area contributed by atoms with Gasteiger partial charge in [-0.15, -0.1) is 0 Å². The van der Waals surface area contributed by atoms with Gasteiger partial charge in [0.25, 0.3) is 0 Å². The molecule has 2 aromatic rings. The van der Waals surface area contributed by atoms with Gasteiger partial charge in [0.1, 0.15) is 17.9 Å². The molecule has 0 aliphatic carbocycles. The number of benzene rings is 1. The lowest BCUT2D eigenvalue weighted by molar-refractivity contribution is -0.386. The number of nitro groups is 1. The summed E-state index contributed by atoms with van der Waals surface area (Å²) in [6, 6.07) is 7.56. The number of anilines is 1. The lowest BCUT2D eigenvalue weighted by Crippen LogP contribution is -2.40. The van der Waals surface area contributed by atoms with Crippen LogP contribution < -0.4 is 4.90 Å². The van der Waals surface area contributed by atoms with Crippen molar-refractivity contribution in [3.8, 4) is 0 Å². The van der Waals surface area contributed by atoms with Gasteiger partial charge in [-0.25, -0.2) is 0 Å². The highest BCUT2D eigenvalue weighted by Crippen LogP contribution is 2.23. The Morgan fingerprint density at radius 3 is 2.46 bits per heavy atom. The number of carbonyl (C=O) groups excluding carboxylic acids is 1. The van der Waals surface area contributed by atoms with Crippen LogP contribution >= 0.6 is 15.9 Å². The second-order valence-corrected chi connectivity index (χ2v) is 7.40. The number of carbonyl (C=O) groups is 1. The number of amides is 1. The van der Waals surface area contributed by atoms with Crippen LogP contribution in [0.1, 0.15) is 25.2 Å². The molecule has 0 bridgehead atoms. The molecule has 0 atom stereocenters. The Kier molecular flexibility index (Phi) is 7.70. The molecule has 0 aliphatic heterocycles. The van der Waals surface area contributed by atoms with Crippen molar-refractivity contribution in [2.24, 2.45) is 0 Å². The molecule has 1 amide bonds. The molecule has 1 aromatic carbocycles. The average molecular weight is 452 g/mol. The zero-order valence-electron chi connectivity index (χ0n) is 16.7. The van der Waals surface area contributed by atoms with E-state index < -0.39 is 4.92 Å². The quantitative estimate of drug-likeness (QED) is 0.429. The Morgan fingerprint density at radius 1 is 1.25 bits per heavy atom. The Bertz CT molecular complexity index is 848. The molecular weight excluding hydrogens is 426 g/mol. The fourth-order valence-electron chi connectivity index (χ4n) is 3.14. The van der Waals surface area contributed by atoms with Crippen molar-refractivity contribution < 1.29 is 9.72 Å². The highest BCUT2D eigenvalue weighted by Gasteiger charge is 2.25. The molecule has 8 nitrogen and oxygen atoms in total. The molecule has 9 heteroatoms. The molecule has 0 N–H and O–H groups in total. The first-order chi connectivity index (χ1) is 13.3. The Balaban J connectivity index is 2.28. The van der Waals surface area contributed by atoms with Gasteiger partial charge >= 0.3 is 5.69 Å². The maximum Gasteiger partial charge on any atom is 0.312 e. The maximum atomic E-state index is 13.1. The van der Waals surface area contributed by atoms with E-state index in [0.717, 1.165) is 29.8 Å². The third-order valence-electron chi connectivity index (χ3n) is 4.77. The van der Waals surface area contributed by atoms with Crippen LogP contribution in [0.5, 0.6) is 0 Å². The molecule has 2 rings (SSSR count). The molecular formula is C19H26BrN5O3. The molecule has 0 saturated heterocycles. The molecule has 0 spiro atoms. The lowest BCUT2D eigenvalue weighted by Gasteiger charge is -2.27. The van der Waals surface area contributed by atoms with Gasteiger partial charge in [0.15, 0.2) is 0 Å². The van der Waals surface area contributed by atoms with Crippen molar-refractivity contribution in [3.63, 3.8) is 0 Å². The van der Waals surface area contributed by atoms with E-state index in [9.17, 15) is 14.9 Å². The standard InChI is InChI=1S/C19H26BrN5O3/c1-5-22(6-2)10-11-23(17-9-7-8-16(20)12-17)18(26)13-24-15(4)19(25(27)28)14(3)21-24/h7-9,12H,5-6,10-11,13H2,1-4H3. The summed E-state index contributed by atoms with van der Waals surface area (Å²) in [5.41, 5.74) is 1.44. The van der Waals surface area contributed by atoms with Crippen molar-refractivity contribution in [1.29, 1.82) is 0 Å². The van der Waals surface area contributed by atoms with Gasteiger partial charge < -0.3 is 9.80 Å². The molecule has 1 aromatic heterocycles. The van der Waals surface area contributed by atoms with Gasteiger partial charge in [-0.1, -0.05) is 35.8 Å². The van der Waals surface area contributed by atoms with Crippen molar-refractivity contribution in [2.75, 3.05) is 31.1 Å². The summed E-state index contributed by atoms with van der Waals surface area (Å²) in [7, 11) is 0. The van der Waals surface area contributed by atoms with Crippen molar-refractivity contribution >= 4 is 33.2 Å². The number of nitrogens with zero attached hydrogens (tertiary/aromatic N) is 5. The summed E-state index contributed by atoms with van der Waals surface area (Å²) in [5.74, 6) is -0.161. The highest BCUT2D eigenvalue weighted by molar-refractivity contribution is 9.10. The normalized spacial score (nSPS) is 11.1. The van der Waals surface area contributed by atoms with Crippen LogP contribution in [-0.4, -0.2) is 51.7 Å². The van der Waals surface area contributed by atoms with E-state index in [1.54, 1.807) is 18.7 Å². The third-order valence-corrected chi connectivity index (χ3v) is 5.26. The fraction of sp³-hybridized carbons (Fsp3) is 0.474. The number of hydrogen-bond acceptors (Lipinski definition) is 5. The largest absolute Gasteiger partial charge is 0.312 e. The van der Waals surface area contributed by atoms with E-state index in [-0.39, 0.29) is 18.1 Å². The first kappa shape index (κ1) is 22.0. The molecule has 152 valence electrons. The van der Waals surface area contributed by atoms with Crippen LogP contribution in [0.4, 0.5) is 11.4 Å². The van der Waals surface area contributed by atoms with Gasteiger partial charge in [0, 0.05) is 23.2 Å². The smallest absolute Gasteiger partial charge is 0.309 e. The number of halogens is 1. The Morgan fingerprint density at radius 2 is 1.93 bits per heavy atom. The third kappa shape index (κ3) is 5.17. The lowest BCUT2D eigenvalue weighted by atomic mass is 10.2.